The second-order valence-corrected chi connectivity index (χ2v) is 6.83. The van der Waals surface area contributed by atoms with Crippen molar-refractivity contribution < 1.29 is 4.79 Å². The molecule has 120 valence electrons. The lowest BCUT2D eigenvalue weighted by molar-refractivity contribution is 0.0990. The minimum Gasteiger partial charge on any atom is -0.363 e. The normalized spacial score (nSPS) is 13.0. The Bertz CT molecular complexity index is 984. The zero-order valence-electron chi connectivity index (χ0n) is 13.3. The molecule has 1 amide bonds. The average Bonchev–Trinajstić information content (AvgIpc) is 3.08. The van der Waals surface area contributed by atoms with E-state index in [2.05, 4.69) is 23.9 Å². The second kappa shape index (κ2) is 5.38. The summed E-state index contributed by atoms with van der Waals surface area (Å²) in [4.78, 5) is 21.6. The number of fused-ring (bicyclic) bond motifs is 3. The number of rotatable bonds is 2. The van der Waals surface area contributed by atoms with Gasteiger partial charge in [0, 0.05) is 16.0 Å². The predicted octanol–water partition coefficient (Wildman–Crippen LogP) is 2.40. The van der Waals surface area contributed by atoms with E-state index >= 15 is 0 Å². The van der Waals surface area contributed by atoms with Crippen LogP contribution in [0.1, 0.15) is 38.0 Å². The number of hydrogen-bond donors (Lipinski definition) is 1. The van der Waals surface area contributed by atoms with Gasteiger partial charge in [-0.1, -0.05) is 30.3 Å². The number of carbonyl (C=O) groups is 1. The lowest BCUT2D eigenvalue weighted by atomic mass is 10.00. The molecule has 2 aromatic heterocycles. The average molecular weight is 337 g/mol. The van der Waals surface area contributed by atoms with Crippen molar-refractivity contribution in [1.29, 1.82) is 0 Å². The third kappa shape index (κ3) is 2.16. The maximum atomic E-state index is 11.4. The molecule has 1 aliphatic heterocycles. The summed E-state index contributed by atoms with van der Waals surface area (Å²) in [5, 5.41) is 5.23. The molecular weight excluding hydrogens is 322 g/mol. The van der Waals surface area contributed by atoms with Crippen LogP contribution >= 0.6 is 11.3 Å². The van der Waals surface area contributed by atoms with Crippen molar-refractivity contribution >= 4 is 23.0 Å². The highest BCUT2D eigenvalue weighted by Gasteiger charge is 2.27. The first kappa shape index (κ1) is 14.8. The summed E-state index contributed by atoms with van der Waals surface area (Å²) in [5.41, 5.74) is 9.53. The Morgan fingerprint density at radius 1 is 1.25 bits per heavy atom. The van der Waals surface area contributed by atoms with Gasteiger partial charge in [-0.3, -0.25) is 9.79 Å². The van der Waals surface area contributed by atoms with Crippen LogP contribution < -0.4 is 5.73 Å². The molecule has 0 atom stereocenters. The minimum absolute atomic E-state index is 0.0259. The van der Waals surface area contributed by atoms with Crippen LogP contribution in [0, 0.1) is 13.8 Å². The quantitative estimate of drug-likeness (QED) is 0.779. The first-order valence-electron chi connectivity index (χ1n) is 7.52. The molecule has 0 saturated heterocycles. The Labute approximate surface area is 142 Å². The van der Waals surface area contributed by atoms with E-state index in [0.717, 1.165) is 21.8 Å². The molecule has 6 nitrogen and oxygen atoms in total. The van der Waals surface area contributed by atoms with Crippen LogP contribution in [0.15, 0.2) is 35.3 Å². The number of amides is 1. The molecule has 0 spiro atoms. The standard InChI is InChI=1S/C17H15N5OS/c1-9-10(2)24-17-13(9)14(11-6-4-3-5-7-11)19-8-12-20-16(15(18)23)21-22(12)17/h3-7H,8H2,1-2H3,(H2,18,23). The number of benzene rings is 1. The molecule has 0 bridgehead atoms. The van der Waals surface area contributed by atoms with Gasteiger partial charge in [-0.2, -0.15) is 0 Å². The topological polar surface area (TPSA) is 86.2 Å². The fourth-order valence-corrected chi connectivity index (χ4v) is 3.94. The minimum atomic E-state index is -0.630. The smallest absolute Gasteiger partial charge is 0.288 e. The number of primary amides is 1. The number of carbonyl (C=O) groups excluding carboxylic acids is 1. The van der Waals surface area contributed by atoms with E-state index < -0.39 is 5.91 Å². The van der Waals surface area contributed by atoms with Gasteiger partial charge in [0.25, 0.3) is 5.91 Å². The molecule has 3 aromatic rings. The highest BCUT2D eigenvalue weighted by atomic mass is 32.1. The van der Waals surface area contributed by atoms with Crippen LogP contribution in [0.5, 0.6) is 0 Å². The summed E-state index contributed by atoms with van der Waals surface area (Å²) in [6.07, 6.45) is 0. The Hall–Kier alpha value is -2.80. The van der Waals surface area contributed by atoms with Crippen LogP contribution in [-0.4, -0.2) is 26.4 Å². The third-order valence-corrected chi connectivity index (χ3v) is 5.30. The third-order valence-electron chi connectivity index (χ3n) is 4.12. The van der Waals surface area contributed by atoms with Crippen molar-refractivity contribution in [2.75, 3.05) is 0 Å². The zero-order chi connectivity index (χ0) is 16.8. The Balaban J connectivity index is 1.98. The fraction of sp³-hybridized carbons (Fsp3) is 0.176. The molecule has 24 heavy (non-hydrogen) atoms. The number of aryl methyl sites for hydroxylation is 1. The van der Waals surface area contributed by atoms with E-state index in [4.69, 9.17) is 10.7 Å². The Kier molecular flexibility index (Phi) is 3.31. The first-order chi connectivity index (χ1) is 11.6. The van der Waals surface area contributed by atoms with Gasteiger partial charge in [-0.25, -0.2) is 9.67 Å². The monoisotopic (exact) mass is 337 g/mol. The van der Waals surface area contributed by atoms with Crippen molar-refractivity contribution in [3.8, 4) is 5.00 Å². The largest absolute Gasteiger partial charge is 0.363 e. The molecule has 1 aliphatic rings. The molecule has 7 heteroatoms. The zero-order valence-corrected chi connectivity index (χ0v) is 14.1. The van der Waals surface area contributed by atoms with Gasteiger partial charge in [-0.05, 0) is 19.4 Å². The van der Waals surface area contributed by atoms with Gasteiger partial charge < -0.3 is 5.73 Å². The van der Waals surface area contributed by atoms with Crippen molar-refractivity contribution in [3.63, 3.8) is 0 Å². The van der Waals surface area contributed by atoms with Gasteiger partial charge in [0.1, 0.15) is 5.00 Å². The van der Waals surface area contributed by atoms with Gasteiger partial charge in [0.2, 0.25) is 5.82 Å². The maximum absolute atomic E-state index is 11.4. The summed E-state index contributed by atoms with van der Waals surface area (Å²) in [5.74, 6) is 0.0182. The molecule has 4 rings (SSSR count). The van der Waals surface area contributed by atoms with Gasteiger partial charge >= 0.3 is 0 Å². The predicted molar refractivity (Wildman–Crippen MR) is 93.0 cm³/mol. The number of nitrogens with zero attached hydrogens (tertiary/aromatic N) is 4. The number of nitrogens with two attached hydrogens (primary N) is 1. The highest BCUT2D eigenvalue weighted by Crippen LogP contribution is 2.35. The first-order valence-corrected chi connectivity index (χ1v) is 8.34. The van der Waals surface area contributed by atoms with E-state index in [9.17, 15) is 4.79 Å². The summed E-state index contributed by atoms with van der Waals surface area (Å²) >= 11 is 1.62. The van der Waals surface area contributed by atoms with Gasteiger partial charge in [0.05, 0.1) is 12.3 Å². The van der Waals surface area contributed by atoms with E-state index in [-0.39, 0.29) is 5.82 Å². The van der Waals surface area contributed by atoms with Crippen molar-refractivity contribution in [3.05, 3.63) is 63.5 Å². The molecular formula is C17H15N5OS. The lowest BCUT2D eigenvalue weighted by Crippen LogP contribution is -2.14. The molecule has 2 N–H and O–H groups in total. The Morgan fingerprint density at radius 2 is 2.00 bits per heavy atom. The van der Waals surface area contributed by atoms with Crippen LogP contribution in [-0.2, 0) is 6.54 Å². The van der Waals surface area contributed by atoms with Crippen LogP contribution in [0.2, 0.25) is 0 Å². The summed E-state index contributed by atoms with van der Waals surface area (Å²) < 4.78 is 1.71. The summed E-state index contributed by atoms with van der Waals surface area (Å²) in [6.45, 7) is 4.51. The maximum Gasteiger partial charge on any atom is 0.288 e. The second-order valence-electron chi connectivity index (χ2n) is 5.62. The number of aromatic nitrogens is 3. The van der Waals surface area contributed by atoms with E-state index in [0.29, 0.717) is 12.4 Å². The Morgan fingerprint density at radius 3 is 2.71 bits per heavy atom. The molecule has 1 aromatic carbocycles. The summed E-state index contributed by atoms with van der Waals surface area (Å²) in [6, 6.07) is 10.1. The van der Waals surface area contributed by atoms with Crippen LogP contribution in [0.25, 0.3) is 5.00 Å². The fourth-order valence-electron chi connectivity index (χ4n) is 2.81. The van der Waals surface area contributed by atoms with E-state index in [1.54, 1.807) is 16.0 Å². The van der Waals surface area contributed by atoms with Crippen molar-refractivity contribution in [1.82, 2.24) is 14.8 Å². The molecule has 0 unspecified atom stereocenters. The van der Waals surface area contributed by atoms with E-state index in [1.165, 1.54) is 10.4 Å². The molecule has 0 aliphatic carbocycles. The molecule has 0 fully saturated rings. The molecule has 0 saturated carbocycles. The number of aliphatic imine (C=N–C) groups is 1. The lowest BCUT2D eigenvalue weighted by Gasteiger charge is -2.07. The van der Waals surface area contributed by atoms with Gasteiger partial charge in [-0.15, -0.1) is 16.4 Å². The highest BCUT2D eigenvalue weighted by molar-refractivity contribution is 7.15. The van der Waals surface area contributed by atoms with Crippen LogP contribution in [0.4, 0.5) is 0 Å². The SMILES string of the molecule is Cc1sc2c(c1C)C(c1ccccc1)=NCc1nc(C(N)=O)nn1-2. The molecule has 3 heterocycles. The number of hydrogen-bond acceptors (Lipinski definition) is 5. The van der Waals surface area contributed by atoms with Crippen molar-refractivity contribution in [2.45, 2.75) is 20.4 Å². The summed E-state index contributed by atoms with van der Waals surface area (Å²) in [7, 11) is 0. The van der Waals surface area contributed by atoms with E-state index in [1.807, 2.05) is 30.3 Å². The van der Waals surface area contributed by atoms with Gasteiger partial charge in [0.15, 0.2) is 5.82 Å². The molecule has 0 radical (unpaired) electrons. The van der Waals surface area contributed by atoms with Crippen molar-refractivity contribution in [2.24, 2.45) is 10.7 Å². The number of thiophene rings is 1. The van der Waals surface area contributed by atoms with Crippen LogP contribution in [0.3, 0.4) is 0 Å².